The second-order valence-corrected chi connectivity index (χ2v) is 6.79. The van der Waals surface area contributed by atoms with E-state index in [4.69, 9.17) is 5.73 Å². The van der Waals surface area contributed by atoms with Gasteiger partial charge in [0.25, 0.3) is 5.91 Å². The Morgan fingerprint density at radius 2 is 1.96 bits per heavy atom. The molecule has 0 aliphatic carbocycles. The highest BCUT2D eigenvalue weighted by atomic mass is 32.2. The van der Waals surface area contributed by atoms with Crippen LogP contribution in [-0.4, -0.2) is 37.6 Å². The van der Waals surface area contributed by atoms with Crippen LogP contribution in [0, 0.1) is 6.92 Å². The van der Waals surface area contributed by atoms with Crippen molar-refractivity contribution in [1.82, 2.24) is 20.2 Å². The number of nitrogens with zero attached hydrogens (tertiary/aromatic N) is 1. The summed E-state index contributed by atoms with van der Waals surface area (Å²) in [7, 11) is -3.52. The van der Waals surface area contributed by atoms with Crippen molar-refractivity contribution in [1.29, 1.82) is 0 Å². The van der Waals surface area contributed by atoms with Crippen molar-refractivity contribution in [2.75, 3.05) is 18.8 Å². The Hall–Kier alpha value is -2.39. The largest absolute Gasteiger partial charge is 0.382 e. The molecule has 23 heavy (non-hydrogen) atoms. The topological polar surface area (TPSA) is 130 Å². The summed E-state index contributed by atoms with van der Waals surface area (Å²) in [5.74, 6) is -0.100. The van der Waals surface area contributed by atoms with Gasteiger partial charge in [-0.1, -0.05) is 17.7 Å². The van der Waals surface area contributed by atoms with Crippen LogP contribution in [0.25, 0.3) is 0 Å². The molecule has 0 fully saturated rings. The van der Waals surface area contributed by atoms with E-state index in [0.29, 0.717) is 13.0 Å². The quantitative estimate of drug-likeness (QED) is 0.543. The second-order valence-electron chi connectivity index (χ2n) is 5.03. The van der Waals surface area contributed by atoms with E-state index in [-0.39, 0.29) is 28.9 Å². The smallest absolute Gasteiger partial charge is 0.269 e. The number of carbonyl (C=O) groups excluding carboxylic acids is 1. The molecule has 0 unspecified atom stereocenters. The number of anilines is 1. The monoisotopic (exact) mass is 337 g/mol. The number of benzene rings is 1. The third-order valence-corrected chi connectivity index (χ3v) is 4.58. The van der Waals surface area contributed by atoms with Crippen LogP contribution >= 0.6 is 0 Å². The van der Waals surface area contributed by atoms with Gasteiger partial charge in [-0.2, -0.15) is 5.10 Å². The summed E-state index contributed by atoms with van der Waals surface area (Å²) in [4.78, 5) is 11.9. The van der Waals surface area contributed by atoms with Gasteiger partial charge in [-0.05, 0) is 25.5 Å². The lowest BCUT2D eigenvalue weighted by Crippen LogP contribution is -2.30. The molecule has 1 aromatic heterocycles. The van der Waals surface area contributed by atoms with Crippen molar-refractivity contribution in [2.45, 2.75) is 18.2 Å². The molecule has 1 heterocycles. The van der Waals surface area contributed by atoms with Crippen LogP contribution in [-0.2, 0) is 10.0 Å². The molecule has 8 nitrogen and oxygen atoms in total. The number of H-pyrrole nitrogens is 1. The first-order valence-electron chi connectivity index (χ1n) is 7.04. The first-order valence-corrected chi connectivity index (χ1v) is 8.52. The highest BCUT2D eigenvalue weighted by Crippen LogP contribution is 2.09. The van der Waals surface area contributed by atoms with Gasteiger partial charge in [0.05, 0.1) is 4.90 Å². The summed E-state index contributed by atoms with van der Waals surface area (Å²) in [5.41, 5.74) is 6.66. The number of hydrogen-bond acceptors (Lipinski definition) is 5. The number of amides is 1. The number of rotatable bonds is 7. The maximum absolute atomic E-state index is 12.0. The lowest BCUT2D eigenvalue weighted by Gasteiger charge is -2.07. The standard InChI is InChI=1S/C14H19N5O3S/c1-10-3-5-11(6-4-10)23(21,22)17-8-2-7-16-14(20)12-9-13(15)19-18-12/h3-6,9,17H,2,7-8H2,1H3,(H,16,20)(H3,15,18,19). The number of aromatic amines is 1. The summed E-state index contributed by atoms with van der Waals surface area (Å²) in [6.45, 7) is 2.44. The van der Waals surface area contributed by atoms with E-state index >= 15 is 0 Å². The van der Waals surface area contributed by atoms with Crippen LogP contribution in [0.15, 0.2) is 35.2 Å². The first kappa shape index (κ1) is 17.0. The number of aryl methyl sites for hydroxylation is 1. The van der Waals surface area contributed by atoms with E-state index < -0.39 is 10.0 Å². The Balaban J connectivity index is 1.74. The van der Waals surface area contributed by atoms with Crippen LogP contribution in [0.2, 0.25) is 0 Å². The minimum atomic E-state index is -3.52. The predicted molar refractivity (Wildman–Crippen MR) is 86.3 cm³/mol. The number of hydrogen-bond donors (Lipinski definition) is 4. The Labute approximate surface area is 134 Å². The number of sulfonamides is 1. The van der Waals surface area contributed by atoms with Crippen LogP contribution in [0.1, 0.15) is 22.5 Å². The zero-order valence-corrected chi connectivity index (χ0v) is 13.5. The van der Waals surface area contributed by atoms with Crippen LogP contribution in [0.3, 0.4) is 0 Å². The molecular formula is C14H19N5O3S. The average Bonchev–Trinajstić information content (AvgIpc) is 2.94. The summed E-state index contributed by atoms with van der Waals surface area (Å²) in [5, 5.41) is 8.80. The lowest BCUT2D eigenvalue weighted by molar-refractivity contribution is 0.0948. The maximum atomic E-state index is 12.0. The van der Waals surface area contributed by atoms with Crippen LogP contribution in [0.5, 0.6) is 0 Å². The molecule has 0 bridgehead atoms. The predicted octanol–water partition coefficient (Wildman–Crippen LogP) is 0.399. The fraction of sp³-hybridized carbons (Fsp3) is 0.286. The average molecular weight is 337 g/mol. The van der Waals surface area contributed by atoms with Gasteiger partial charge in [-0.3, -0.25) is 9.89 Å². The highest BCUT2D eigenvalue weighted by molar-refractivity contribution is 7.89. The zero-order chi connectivity index (χ0) is 16.9. The van der Waals surface area contributed by atoms with Crippen molar-refractivity contribution < 1.29 is 13.2 Å². The van der Waals surface area contributed by atoms with Gasteiger partial charge < -0.3 is 11.1 Å². The molecule has 1 amide bonds. The summed E-state index contributed by atoms with van der Waals surface area (Å²) in [6, 6.07) is 8.02. The van der Waals surface area contributed by atoms with E-state index in [1.165, 1.54) is 6.07 Å². The fourth-order valence-electron chi connectivity index (χ4n) is 1.85. The van der Waals surface area contributed by atoms with Crippen LogP contribution < -0.4 is 15.8 Å². The third kappa shape index (κ3) is 4.80. The molecule has 0 radical (unpaired) electrons. The number of nitrogens with one attached hydrogen (secondary N) is 3. The zero-order valence-electron chi connectivity index (χ0n) is 12.7. The van der Waals surface area contributed by atoms with Gasteiger partial charge in [-0.25, -0.2) is 13.1 Å². The molecule has 0 aliphatic rings. The van der Waals surface area contributed by atoms with E-state index in [2.05, 4.69) is 20.2 Å². The molecule has 0 atom stereocenters. The van der Waals surface area contributed by atoms with Gasteiger partial charge >= 0.3 is 0 Å². The van der Waals surface area contributed by atoms with E-state index in [0.717, 1.165) is 5.56 Å². The SMILES string of the molecule is Cc1ccc(S(=O)(=O)NCCCNC(=O)c2cc(N)n[nH]2)cc1. The lowest BCUT2D eigenvalue weighted by atomic mass is 10.2. The Morgan fingerprint density at radius 3 is 2.57 bits per heavy atom. The summed E-state index contributed by atoms with van der Waals surface area (Å²) >= 11 is 0. The minimum Gasteiger partial charge on any atom is -0.382 e. The summed E-state index contributed by atoms with van der Waals surface area (Å²) < 4.78 is 26.6. The molecule has 1 aromatic carbocycles. The van der Waals surface area contributed by atoms with E-state index in [1.807, 2.05) is 6.92 Å². The second kappa shape index (κ2) is 7.25. The molecule has 2 rings (SSSR count). The fourth-order valence-corrected chi connectivity index (χ4v) is 2.92. The van der Waals surface area contributed by atoms with Crippen molar-refractivity contribution in [3.63, 3.8) is 0 Å². The Kier molecular flexibility index (Phi) is 5.35. The van der Waals surface area contributed by atoms with Gasteiger partial charge in [0.2, 0.25) is 10.0 Å². The minimum absolute atomic E-state index is 0.222. The molecule has 2 aromatic rings. The Bertz CT molecular complexity index is 768. The maximum Gasteiger partial charge on any atom is 0.269 e. The Morgan fingerprint density at radius 1 is 1.26 bits per heavy atom. The van der Waals surface area contributed by atoms with Gasteiger partial charge in [0.15, 0.2) is 0 Å². The van der Waals surface area contributed by atoms with Gasteiger partial charge in [-0.15, -0.1) is 0 Å². The molecular weight excluding hydrogens is 318 g/mol. The number of nitrogens with two attached hydrogens (primary N) is 1. The number of aromatic nitrogens is 2. The van der Waals surface area contributed by atoms with E-state index in [1.54, 1.807) is 24.3 Å². The van der Waals surface area contributed by atoms with Crippen molar-refractivity contribution in [3.8, 4) is 0 Å². The molecule has 9 heteroatoms. The molecule has 0 spiro atoms. The van der Waals surface area contributed by atoms with Crippen molar-refractivity contribution >= 4 is 21.7 Å². The normalized spacial score (nSPS) is 11.3. The molecule has 0 aliphatic heterocycles. The number of nitrogen functional groups attached to an aromatic ring is 1. The van der Waals surface area contributed by atoms with Crippen molar-refractivity contribution in [2.24, 2.45) is 0 Å². The van der Waals surface area contributed by atoms with E-state index in [9.17, 15) is 13.2 Å². The van der Waals surface area contributed by atoms with Crippen LogP contribution in [0.4, 0.5) is 5.82 Å². The van der Waals surface area contributed by atoms with Gasteiger partial charge in [0.1, 0.15) is 11.5 Å². The summed E-state index contributed by atoms with van der Waals surface area (Å²) in [6.07, 6.45) is 0.459. The number of carbonyl (C=O) groups is 1. The molecule has 5 N–H and O–H groups in total. The van der Waals surface area contributed by atoms with Crippen molar-refractivity contribution in [3.05, 3.63) is 41.6 Å². The highest BCUT2D eigenvalue weighted by Gasteiger charge is 2.13. The molecule has 0 saturated heterocycles. The molecule has 124 valence electrons. The molecule has 0 saturated carbocycles. The first-order chi connectivity index (χ1) is 10.9. The third-order valence-electron chi connectivity index (χ3n) is 3.10. The van der Waals surface area contributed by atoms with Gasteiger partial charge in [0, 0.05) is 19.2 Å².